The second-order valence-corrected chi connectivity index (χ2v) is 8.87. The molecule has 5 nitrogen and oxygen atoms in total. The molecule has 0 spiro atoms. The second-order valence-electron chi connectivity index (χ2n) is 6.32. The third-order valence-electron chi connectivity index (χ3n) is 4.21. The van der Waals surface area contributed by atoms with Gasteiger partial charge in [0, 0.05) is 12.2 Å². The van der Waals surface area contributed by atoms with E-state index >= 15 is 0 Å². The monoisotopic (exact) mass is 429 g/mol. The number of thiophene rings is 1. The van der Waals surface area contributed by atoms with E-state index in [1.165, 1.54) is 11.3 Å². The molecule has 3 rings (SSSR count). The normalized spacial score (nSPS) is 13.6. The van der Waals surface area contributed by atoms with E-state index in [-0.39, 0.29) is 6.54 Å². The number of halogens is 3. The van der Waals surface area contributed by atoms with E-state index in [1.54, 1.807) is 4.68 Å². The second kappa shape index (κ2) is 7.69. The summed E-state index contributed by atoms with van der Waals surface area (Å²) < 4.78 is 68.0. The lowest BCUT2D eigenvalue weighted by molar-refractivity contribution is -0.137. The molecule has 28 heavy (non-hydrogen) atoms. The van der Waals surface area contributed by atoms with E-state index in [0.29, 0.717) is 6.07 Å². The van der Waals surface area contributed by atoms with E-state index in [1.807, 2.05) is 36.7 Å². The molecule has 3 aromatic rings. The van der Waals surface area contributed by atoms with Crippen LogP contribution in [0.5, 0.6) is 0 Å². The number of hydrogen-bond donors (Lipinski definition) is 1. The maximum absolute atomic E-state index is 12.9. The summed E-state index contributed by atoms with van der Waals surface area (Å²) in [6.07, 6.45) is -4.62. The number of sulfonamides is 1. The predicted molar refractivity (Wildman–Crippen MR) is 101 cm³/mol. The molecule has 0 radical (unpaired) electrons. The Morgan fingerprint density at radius 3 is 2.54 bits per heavy atom. The van der Waals surface area contributed by atoms with Crippen LogP contribution in [0.2, 0.25) is 0 Å². The van der Waals surface area contributed by atoms with Crippen LogP contribution in [0.4, 0.5) is 13.2 Å². The molecule has 0 aliphatic carbocycles. The summed E-state index contributed by atoms with van der Waals surface area (Å²) in [6, 6.07) is 7.01. The van der Waals surface area contributed by atoms with Gasteiger partial charge in [-0.25, -0.2) is 13.1 Å². The summed E-state index contributed by atoms with van der Waals surface area (Å²) in [7, 11) is -4.13. The molecule has 0 aliphatic rings. The largest absolute Gasteiger partial charge is 0.416 e. The molecule has 1 aromatic carbocycles. The highest BCUT2D eigenvalue weighted by molar-refractivity contribution is 7.89. The Morgan fingerprint density at radius 1 is 1.21 bits per heavy atom. The van der Waals surface area contributed by atoms with Crippen LogP contribution in [0.3, 0.4) is 0 Å². The third kappa shape index (κ3) is 4.45. The van der Waals surface area contributed by atoms with Gasteiger partial charge in [0.05, 0.1) is 22.2 Å². The van der Waals surface area contributed by atoms with E-state index in [9.17, 15) is 21.6 Å². The summed E-state index contributed by atoms with van der Waals surface area (Å²) in [5.41, 5.74) is 1.50. The Kier molecular flexibility index (Phi) is 5.64. The molecule has 0 saturated carbocycles. The first-order chi connectivity index (χ1) is 13.1. The van der Waals surface area contributed by atoms with Crippen molar-refractivity contribution in [3.63, 3.8) is 0 Å². The van der Waals surface area contributed by atoms with Crippen LogP contribution >= 0.6 is 11.3 Å². The summed E-state index contributed by atoms with van der Waals surface area (Å²) in [6.45, 7) is 3.65. The van der Waals surface area contributed by atoms with Crippen LogP contribution in [0.1, 0.15) is 28.6 Å². The summed E-state index contributed by atoms with van der Waals surface area (Å²) >= 11 is 1.47. The van der Waals surface area contributed by atoms with Gasteiger partial charge in [-0.05, 0) is 60.5 Å². The van der Waals surface area contributed by atoms with Crippen LogP contribution in [0, 0.1) is 13.8 Å². The maximum Gasteiger partial charge on any atom is 0.416 e. The van der Waals surface area contributed by atoms with Gasteiger partial charge in [-0.1, -0.05) is 6.07 Å². The highest BCUT2D eigenvalue weighted by atomic mass is 32.2. The lowest BCUT2D eigenvalue weighted by atomic mass is 10.1. The summed E-state index contributed by atoms with van der Waals surface area (Å²) in [5, 5.41) is 8.18. The number of hydrogen-bond acceptors (Lipinski definition) is 4. The Bertz CT molecular complexity index is 1060. The van der Waals surface area contributed by atoms with Crippen LogP contribution in [0.25, 0.3) is 0 Å². The molecule has 0 bridgehead atoms. The summed E-state index contributed by atoms with van der Waals surface area (Å²) in [4.78, 5) is -0.431. The minimum atomic E-state index is -4.62. The van der Waals surface area contributed by atoms with Gasteiger partial charge in [0.2, 0.25) is 10.0 Å². The van der Waals surface area contributed by atoms with Crippen LogP contribution in [-0.2, 0) is 16.2 Å². The Balaban J connectivity index is 1.88. The average molecular weight is 429 g/mol. The van der Waals surface area contributed by atoms with E-state index < -0.39 is 32.7 Å². The first-order valence-electron chi connectivity index (χ1n) is 8.30. The number of aryl methyl sites for hydroxylation is 2. The summed E-state index contributed by atoms with van der Waals surface area (Å²) in [5.74, 6) is 0. The topological polar surface area (TPSA) is 64.0 Å². The maximum atomic E-state index is 12.9. The molecular weight excluding hydrogens is 411 g/mol. The fraction of sp³-hybridized carbons (Fsp3) is 0.278. The molecule has 0 aliphatic heterocycles. The van der Waals surface area contributed by atoms with Crippen molar-refractivity contribution in [2.75, 3.05) is 6.54 Å². The van der Waals surface area contributed by atoms with Crippen LogP contribution in [0.15, 0.2) is 52.1 Å². The van der Waals surface area contributed by atoms with Crippen LogP contribution in [-0.4, -0.2) is 24.7 Å². The molecule has 10 heteroatoms. The minimum Gasteiger partial charge on any atom is -0.261 e. The standard InChI is InChI=1S/C18H18F3N3O2S2/c1-12-8-13(2)24(23-12)17(14-6-7-27-11-14)10-22-28(25,26)16-5-3-4-15(9-16)18(19,20)21/h3-9,11,17,22H,10H2,1-2H3/t17-/m1/s1. The fourth-order valence-electron chi connectivity index (χ4n) is 2.88. The van der Waals surface area contributed by atoms with Gasteiger partial charge in [-0.2, -0.15) is 29.6 Å². The lowest BCUT2D eigenvalue weighted by Crippen LogP contribution is -2.32. The zero-order chi connectivity index (χ0) is 20.5. The number of aromatic nitrogens is 2. The molecule has 0 saturated heterocycles. The van der Waals surface area contributed by atoms with Crippen molar-refractivity contribution in [2.24, 2.45) is 0 Å². The molecule has 1 atom stereocenters. The molecule has 0 unspecified atom stereocenters. The molecule has 1 N–H and O–H groups in total. The Morgan fingerprint density at radius 2 is 1.96 bits per heavy atom. The fourth-order valence-corrected chi connectivity index (χ4v) is 4.67. The Hall–Kier alpha value is -2.17. The van der Waals surface area contributed by atoms with Gasteiger partial charge >= 0.3 is 6.18 Å². The average Bonchev–Trinajstić information content (AvgIpc) is 3.25. The highest BCUT2D eigenvalue weighted by Gasteiger charge is 2.32. The van der Waals surface area contributed by atoms with Crippen molar-refractivity contribution in [2.45, 2.75) is 31.0 Å². The van der Waals surface area contributed by atoms with E-state index in [4.69, 9.17) is 0 Å². The van der Waals surface area contributed by atoms with Crippen molar-refractivity contribution in [3.05, 3.63) is 69.7 Å². The molecule has 0 amide bonds. The van der Waals surface area contributed by atoms with Gasteiger partial charge in [0.25, 0.3) is 0 Å². The number of nitrogens with one attached hydrogen (secondary N) is 1. The van der Waals surface area contributed by atoms with Crippen LogP contribution < -0.4 is 4.72 Å². The number of nitrogens with zero attached hydrogens (tertiary/aromatic N) is 2. The third-order valence-corrected chi connectivity index (χ3v) is 6.33. The molecule has 2 aromatic heterocycles. The smallest absolute Gasteiger partial charge is 0.261 e. The SMILES string of the molecule is Cc1cc(C)n([C@H](CNS(=O)(=O)c2cccc(C(F)(F)F)c2)c2ccsc2)n1. The predicted octanol–water partition coefficient (Wildman–Crippen LogP) is 4.15. The molecule has 150 valence electrons. The molecule has 0 fully saturated rings. The minimum absolute atomic E-state index is 0.0444. The van der Waals surface area contributed by atoms with E-state index in [0.717, 1.165) is 35.2 Å². The highest BCUT2D eigenvalue weighted by Crippen LogP contribution is 2.30. The number of benzene rings is 1. The molecule has 2 heterocycles. The van der Waals surface area contributed by atoms with Crippen molar-refractivity contribution >= 4 is 21.4 Å². The Labute approximate surface area is 164 Å². The lowest BCUT2D eigenvalue weighted by Gasteiger charge is -2.19. The number of alkyl halides is 3. The zero-order valence-electron chi connectivity index (χ0n) is 15.1. The first kappa shape index (κ1) is 20.6. The number of rotatable bonds is 6. The van der Waals surface area contributed by atoms with Gasteiger partial charge in [-0.3, -0.25) is 4.68 Å². The molecular formula is C18H18F3N3O2S2. The van der Waals surface area contributed by atoms with E-state index in [2.05, 4.69) is 9.82 Å². The van der Waals surface area contributed by atoms with Crippen molar-refractivity contribution < 1.29 is 21.6 Å². The van der Waals surface area contributed by atoms with Gasteiger partial charge in [0.1, 0.15) is 0 Å². The van der Waals surface area contributed by atoms with Gasteiger partial charge in [-0.15, -0.1) is 0 Å². The quantitative estimate of drug-likeness (QED) is 0.640. The van der Waals surface area contributed by atoms with Gasteiger partial charge in [0.15, 0.2) is 0 Å². The van der Waals surface area contributed by atoms with Crippen molar-refractivity contribution in [1.82, 2.24) is 14.5 Å². The zero-order valence-corrected chi connectivity index (χ0v) is 16.7. The van der Waals surface area contributed by atoms with Crippen molar-refractivity contribution in [1.29, 1.82) is 0 Å². The van der Waals surface area contributed by atoms with Gasteiger partial charge < -0.3 is 0 Å². The first-order valence-corrected chi connectivity index (χ1v) is 10.7. The van der Waals surface area contributed by atoms with Crippen molar-refractivity contribution in [3.8, 4) is 0 Å².